The maximum atomic E-state index is 13.5. The zero-order chi connectivity index (χ0) is 24.8. The second-order valence-electron chi connectivity index (χ2n) is 8.18. The van der Waals surface area contributed by atoms with E-state index < -0.39 is 6.04 Å². The number of benzene rings is 3. The molecule has 180 valence electrons. The number of hydrogen-bond acceptors (Lipinski definition) is 4. The highest BCUT2D eigenvalue weighted by molar-refractivity contribution is 7.80. The molecule has 4 rings (SSSR count). The van der Waals surface area contributed by atoms with E-state index in [0.717, 1.165) is 17.7 Å². The van der Waals surface area contributed by atoms with Gasteiger partial charge in [-0.05, 0) is 72.7 Å². The fourth-order valence-electron chi connectivity index (χ4n) is 3.87. The van der Waals surface area contributed by atoms with Crippen molar-refractivity contribution in [1.82, 2.24) is 4.90 Å². The van der Waals surface area contributed by atoms with Gasteiger partial charge in [0.2, 0.25) is 5.91 Å². The van der Waals surface area contributed by atoms with Crippen LogP contribution < -0.4 is 15.0 Å². The number of hydrogen-bond donors (Lipinski definition) is 1. The van der Waals surface area contributed by atoms with Crippen molar-refractivity contribution in [2.24, 2.45) is 0 Å². The quantitative estimate of drug-likeness (QED) is 0.313. The van der Waals surface area contributed by atoms with Gasteiger partial charge in [0.15, 0.2) is 5.11 Å². The number of imide groups is 1. The molecule has 6 nitrogen and oxygen atoms in total. The summed E-state index contributed by atoms with van der Waals surface area (Å²) in [6.07, 6.45) is 0.927. The van der Waals surface area contributed by atoms with Gasteiger partial charge in [-0.15, -0.1) is 0 Å². The molecule has 0 saturated carbocycles. The monoisotopic (exact) mass is 507 g/mol. The van der Waals surface area contributed by atoms with Gasteiger partial charge in [0.1, 0.15) is 11.8 Å². The Morgan fingerprint density at radius 1 is 1.06 bits per heavy atom. The SMILES string of the molecule is CCCOc1ccc(N2C(=O)CC(N(Cc3ccccc3)C(=S)Nc3ccc(Cl)cc3)C2=O)cc1. The lowest BCUT2D eigenvalue weighted by Gasteiger charge is -2.30. The van der Waals surface area contributed by atoms with Gasteiger partial charge < -0.3 is 15.0 Å². The smallest absolute Gasteiger partial charge is 0.257 e. The Morgan fingerprint density at radius 3 is 2.40 bits per heavy atom. The molecule has 1 unspecified atom stereocenters. The minimum atomic E-state index is -0.731. The van der Waals surface area contributed by atoms with Crippen LogP contribution in [0.3, 0.4) is 0 Å². The van der Waals surface area contributed by atoms with Gasteiger partial charge in [-0.1, -0.05) is 48.9 Å². The summed E-state index contributed by atoms with van der Waals surface area (Å²) in [5.74, 6) is 0.119. The molecule has 0 radical (unpaired) electrons. The van der Waals surface area contributed by atoms with Crippen molar-refractivity contribution in [2.45, 2.75) is 32.4 Å². The summed E-state index contributed by atoms with van der Waals surface area (Å²) >= 11 is 11.7. The Bertz CT molecular complexity index is 1190. The Hall–Kier alpha value is -3.42. The predicted molar refractivity (Wildman–Crippen MR) is 143 cm³/mol. The number of nitrogens with one attached hydrogen (secondary N) is 1. The van der Waals surface area contributed by atoms with E-state index in [-0.39, 0.29) is 18.2 Å². The molecule has 8 heteroatoms. The fourth-order valence-corrected chi connectivity index (χ4v) is 4.31. The van der Waals surface area contributed by atoms with E-state index in [4.69, 9.17) is 28.6 Å². The van der Waals surface area contributed by atoms with Crippen LogP contribution in [0.5, 0.6) is 5.75 Å². The molecule has 3 aromatic carbocycles. The average molecular weight is 508 g/mol. The van der Waals surface area contributed by atoms with Gasteiger partial charge in [0.25, 0.3) is 5.91 Å². The molecule has 1 N–H and O–H groups in total. The van der Waals surface area contributed by atoms with Gasteiger partial charge in [-0.2, -0.15) is 0 Å². The highest BCUT2D eigenvalue weighted by Crippen LogP contribution is 2.29. The molecule has 3 aromatic rings. The van der Waals surface area contributed by atoms with Gasteiger partial charge in [-0.25, -0.2) is 4.90 Å². The molecule has 2 amide bonds. The van der Waals surface area contributed by atoms with Crippen LogP contribution in [0, 0.1) is 0 Å². The van der Waals surface area contributed by atoms with Crippen LogP contribution >= 0.6 is 23.8 Å². The molecular weight excluding hydrogens is 482 g/mol. The number of nitrogens with zero attached hydrogens (tertiary/aromatic N) is 2. The Balaban J connectivity index is 1.57. The number of ether oxygens (including phenoxy) is 1. The van der Waals surface area contributed by atoms with Crippen LogP contribution in [0.25, 0.3) is 0 Å². The molecule has 0 aliphatic carbocycles. The first kappa shape index (κ1) is 24.7. The van der Waals surface area contributed by atoms with E-state index in [1.165, 1.54) is 4.90 Å². The maximum absolute atomic E-state index is 13.5. The second kappa shape index (κ2) is 11.3. The van der Waals surface area contributed by atoms with Crippen molar-refractivity contribution in [3.05, 3.63) is 89.4 Å². The van der Waals surface area contributed by atoms with E-state index >= 15 is 0 Å². The minimum absolute atomic E-state index is 0.0300. The molecule has 1 aliphatic rings. The first-order chi connectivity index (χ1) is 17.0. The van der Waals surface area contributed by atoms with Crippen LogP contribution in [0.2, 0.25) is 5.02 Å². The maximum Gasteiger partial charge on any atom is 0.257 e. The van der Waals surface area contributed by atoms with Crippen LogP contribution in [-0.2, 0) is 16.1 Å². The Morgan fingerprint density at radius 2 is 1.74 bits per heavy atom. The lowest BCUT2D eigenvalue weighted by atomic mass is 10.1. The normalized spacial score (nSPS) is 15.3. The molecule has 1 atom stereocenters. The van der Waals surface area contributed by atoms with Crippen molar-refractivity contribution in [1.29, 1.82) is 0 Å². The van der Waals surface area contributed by atoms with Crippen LogP contribution in [0.4, 0.5) is 11.4 Å². The first-order valence-corrected chi connectivity index (χ1v) is 12.2. The number of carbonyl (C=O) groups excluding carboxylic acids is 2. The van der Waals surface area contributed by atoms with E-state index in [2.05, 4.69) is 5.32 Å². The van der Waals surface area contributed by atoms with E-state index in [0.29, 0.717) is 34.7 Å². The lowest BCUT2D eigenvalue weighted by molar-refractivity contribution is -0.122. The zero-order valence-electron chi connectivity index (χ0n) is 19.3. The molecular formula is C27H26ClN3O3S. The molecule has 0 spiro atoms. The third-order valence-corrected chi connectivity index (χ3v) is 6.21. The summed E-state index contributed by atoms with van der Waals surface area (Å²) < 4.78 is 5.62. The van der Waals surface area contributed by atoms with Crippen LogP contribution in [0.15, 0.2) is 78.9 Å². The van der Waals surface area contributed by atoms with Crippen molar-refractivity contribution in [3.63, 3.8) is 0 Å². The molecule has 1 heterocycles. The summed E-state index contributed by atoms with van der Waals surface area (Å²) in [6.45, 7) is 3.01. The topological polar surface area (TPSA) is 61.9 Å². The van der Waals surface area contributed by atoms with E-state index in [9.17, 15) is 9.59 Å². The van der Waals surface area contributed by atoms with Crippen molar-refractivity contribution in [2.75, 3.05) is 16.8 Å². The van der Waals surface area contributed by atoms with Crippen molar-refractivity contribution in [3.8, 4) is 5.75 Å². The number of amides is 2. The highest BCUT2D eigenvalue weighted by Gasteiger charge is 2.43. The Labute approximate surface area is 215 Å². The number of anilines is 2. The predicted octanol–water partition coefficient (Wildman–Crippen LogP) is 5.66. The summed E-state index contributed by atoms with van der Waals surface area (Å²) in [7, 11) is 0. The summed E-state index contributed by atoms with van der Waals surface area (Å²) in [6, 6.07) is 23.1. The molecule has 1 saturated heterocycles. The van der Waals surface area contributed by atoms with Gasteiger partial charge in [0.05, 0.1) is 18.7 Å². The number of carbonyl (C=O) groups is 2. The number of thiocarbonyl (C=S) groups is 1. The third kappa shape index (κ3) is 5.99. The van der Waals surface area contributed by atoms with Gasteiger partial charge in [0, 0.05) is 17.3 Å². The minimum Gasteiger partial charge on any atom is -0.494 e. The molecule has 1 fully saturated rings. The van der Waals surface area contributed by atoms with Crippen molar-refractivity contribution < 1.29 is 14.3 Å². The average Bonchev–Trinajstić information content (AvgIpc) is 3.17. The summed E-state index contributed by atoms with van der Waals surface area (Å²) in [4.78, 5) is 29.5. The highest BCUT2D eigenvalue weighted by atomic mass is 35.5. The first-order valence-electron chi connectivity index (χ1n) is 11.4. The summed E-state index contributed by atoms with van der Waals surface area (Å²) in [5.41, 5.74) is 2.24. The van der Waals surface area contributed by atoms with Crippen LogP contribution in [-0.4, -0.2) is 34.5 Å². The van der Waals surface area contributed by atoms with Crippen molar-refractivity contribution >= 4 is 52.1 Å². The van der Waals surface area contributed by atoms with Gasteiger partial charge >= 0.3 is 0 Å². The van der Waals surface area contributed by atoms with E-state index in [1.807, 2.05) is 49.4 Å². The van der Waals surface area contributed by atoms with Crippen LogP contribution in [0.1, 0.15) is 25.3 Å². The molecule has 35 heavy (non-hydrogen) atoms. The molecule has 0 aromatic heterocycles. The fraction of sp³-hybridized carbons (Fsp3) is 0.222. The third-order valence-electron chi connectivity index (χ3n) is 5.62. The zero-order valence-corrected chi connectivity index (χ0v) is 20.9. The summed E-state index contributed by atoms with van der Waals surface area (Å²) in [5, 5.41) is 4.15. The second-order valence-corrected chi connectivity index (χ2v) is 9.00. The Kier molecular flexibility index (Phi) is 8.00. The molecule has 1 aliphatic heterocycles. The largest absolute Gasteiger partial charge is 0.494 e. The lowest BCUT2D eigenvalue weighted by Crippen LogP contribution is -2.46. The standard InChI is InChI=1S/C27H26ClN3O3S/c1-2-16-34-23-14-12-22(13-15-23)31-25(32)17-24(26(31)33)30(18-19-6-4-3-5-7-19)27(35)29-21-10-8-20(28)9-11-21/h3-15,24H,2,16-18H2,1H3,(H,29,35). The van der Waals surface area contributed by atoms with Gasteiger partial charge in [-0.3, -0.25) is 9.59 Å². The number of rotatable bonds is 8. The molecule has 0 bridgehead atoms. The van der Waals surface area contributed by atoms with E-state index in [1.54, 1.807) is 41.3 Å². The number of halogens is 1.